The van der Waals surface area contributed by atoms with Gasteiger partial charge in [0.1, 0.15) is 0 Å². The smallest absolute Gasteiger partial charge is 0.0199 e. The van der Waals surface area contributed by atoms with E-state index in [-0.39, 0.29) is 11.8 Å². The first-order chi connectivity index (χ1) is 14.9. The van der Waals surface area contributed by atoms with Crippen LogP contribution in [-0.4, -0.2) is 0 Å². The van der Waals surface area contributed by atoms with Crippen molar-refractivity contribution in [3.8, 4) is 0 Å². The topological polar surface area (TPSA) is 0 Å². The van der Waals surface area contributed by atoms with Gasteiger partial charge in [-0.25, -0.2) is 0 Å². The van der Waals surface area contributed by atoms with Crippen molar-refractivity contribution in [2.45, 2.75) is 11.8 Å². The summed E-state index contributed by atoms with van der Waals surface area (Å²) in [4.78, 5) is 0. The van der Waals surface area contributed by atoms with Crippen LogP contribution in [0.3, 0.4) is 0 Å². The van der Waals surface area contributed by atoms with Gasteiger partial charge < -0.3 is 0 Å². The zero-order valence-electron chi connectivity index (χ0n) is 16.9. The Morgan fingerprint density at radius 2 is 0.900 bits per heavy atom. The van der Waals surface area contributed by atoms with Gasteiger partial charge in [0, 0.05) is 11.8 Å². The van der Waals surface area contributed by atoms with Crippen LogP contribution in [0.15, 0.2) is 133 Å². The van der Waals surface area contributed by atoms with Crippen LogP contribution in [0.5, 0.6) is 0 Å². The van der Waals surface area contributed by atoms with Crippen molar-refractivity contribution >= 4 is 11.1 Å². The molecule has 2 atom stereocenters. The highest BCUT2D eigenvalue weighted by molar-refractivity contribution is 5.90. The Morgan fingerprint density at radius 1 is 0.433 bits per heavy atom. The maximum atomic E-state index is 2.45. The molecule has 2 unspecified atom stereocenters. The molecule has 0 saturated carbocycles. The zero-order valence-corrected chi connectivity index (χ0v) is 16.9. The highest BCUT2D eigenvalue weighted by Gasteiger charge is 2.31. The van der Waals surface area contributed by atoms with E-state index in [0.29, 0.717) is 0 Å². The minimum absolute atomic E-state index is 0.267. The molecule has 0 radical (unpaired) electrons. The van der Waals surface area contributed by atoms with Gasteiger partial charge in [-0.15, -0.1) is 0 Å². The molecule has 0 fully saturated rings. The third-order valence-electron chi connectivity index (χ3n) is 5.92. The molecule has 0 amide bonds. The van der Waals surface area contributed by atoms with Gasteiger partial charge >= 0.3 is 0 Å². The summed E-state index contributed by atoms with van der Waals surface area (Å²) >= 11 is 0. The number of hydrogen-bond donors (Lipinski definition) is 0. The third-order valence-corrected chi connectivity index (χ3v) is 5.92. The summed E-state index contributed by atoms with van der Waals surface area (Å²) in [5.74, 6) is 0.535. The van der Waals surface area contributed by atoms with Crippen molar-refractivity contribution in [2.75, 3.05) is 0 Å². The molecular formula is C30H24. The van der Waals surface area contributed by atoms with Crippen molar-refractivity contribution < 1.29 is 0 Å². The molecular weight excluding hydrogens is 360 g/mol. The van der Waals surface area contributed by atoms with Gasteiger partial charge in [-0.1, -0.05) is 133 Å². The van der Waals surface area contributed by atoms with Crippen LogP contribution in [0, 0.1) is 0 Å². The lowest BCUT2D eigenvalue weighted by Gasteiger charge is -2.33. The highest BCUT2D eigenvalue weighted by Crippen LogP contribution is 2.48. The molecule has 5 rings (SSSR count). The Hall–Kier alpha value is -3.64. The highest BCUT2D eigenvalue weighted by atomic mass is 14.3. The number of allylic oxidation sites excluding steroid dienone is 4. The van der Waals surface area contributed by atoms with Gasteiger partial charge in [-0.05, 0) is 33.4 Å². The largest absolute Gasteiger partial charge is 0.0682 e. The summed E-state index contributed by atoms with van der Waals surface area (Å²) in [6.45, 7) is 0. The average molecular weight is 385 g/mol. The number of rotatable bonds is 4. The Kier molecular flexibility index (Phi) is 5.14. The van der Waals surface area contributed by atoms with E-state index in [0.717, 1.165) is 0 Å². The van der Waals surface area contributed by atoms with Gasteiger partial charge in [0.25, 0.3) is 0 Å². The van der Waals surface area contributed by atoms with Crippen LogP contribution < -0.4 is 0 Å². The molecule has 0 nitrogen and oxygen atoms in total. The zero-order chi connectivity index (χ0) is 20.2. The summed E-state index contributed by atoms with van der Waals surface area (Å²) < 4.78 is 0. The Bertz CT molecular complexity index is 1150. The molecule has 144 valence electrons. The summed E-state index contributed by atoms with van der Waals surface area (Å²) in [6, 6.07) is 43.4. The molecule has 4 aromatic rings. The standard InChI is InChI=1S/C30H24/c1-5-13-23(14-6-1)27-21-28(24-15-7-2-8-16-24)30(26-19-11-4-12-20-26)29(22-27)25-17-9-3-10-18-25/h1-22,28,30H. The summed E-state index contributed by atoms with van der Waals surface area (Å²) in [7, 11) is 0. The molecule has 1 aliphatic rings. The monoisotopic (exact) mass is 384 g/mol. The second-order valence-electron chi connectivity index (χ2n) is 7.78. The van der Waals surface area contributed by atoms with Crippen molar-refractivity contribution in [3.05, 3.63) is 156 Å². The molecule has 4 aromatic carbocycles. The van der Waals surface area contributed by atoms with E-state index in [4.69, 9.17) is 0 Å². The normalized spacial score (nSPS) is 18.4. The van der Waals surface area contributed by atoms with E-state index < -0.39 is 0 Å². The first kappa shape index (κ1) is 18.4. The summed E-state index contributed by atoms with van der Waals surface area (Å²) in [5, 5.41) is 0. The van der Waals surface area contributed by atoms with Gasteiger partial charge in [0.15, 0.2) is 0 Å². The van der Waals surface area contributed by atoms with E-state index in [1.165, 1.54) is 33.4 Å². The first-order valence-electron chi connectivity index (χ1n) is 10.5. The van der Waals surface area contributed by atoms with E-state index in [1.807, 2.05) is 0 Å². The van der Waals surface area contributed by atoms with Crippen LogP contribution >= 0.6 is 0 Å². The molecule has 1 aliphatic carbocycles. The maximum Gasteiger partial charge on any atom is 0.0199 e. The van der Waals surface area contributed by atoms with E-state index in [2.05, 4.69) is 133 Å². The fourth-order valence-corrected chi connectivity index (χ4v) is 4.50. The molecule has 0 spiro atoms. The van der Waals surface area contributed by atoms with Gasteiger partial charge in [0.05, 0.1) is 0 Å². The molecule has 0 aliphatic heterocycles. The molecule has 0 aromatic heterocycles. The molecule has 0 heterocycles. The predicted octanol–water partition coefficient (Wildman–Crippen LogP) is 7.73. The average Bonchev–Trinajstić information content (AvgIpc) is 2.85. The number of hydrogen-bond acceptors (Lipinski definition) is 0. The SMILES string of the molecule is C1=C(c2ccccc2)C=C(c2ccccc2)C(c2ccccc2)C1c1ccccc1. The fraction of sp³-hybridized carbons (Fsp3) is 0.0667. The van der Waals surface area contributed by atoms with Crippen molar-refractivity contribution in [2.24, 2.45) is 0 Å². The minimum Gasteiger partial charge on any atom is -0.0682 e. The third kappa shape index (κ3) is 3.65. The molecule has 0 heteroatoms. The second kappa shape index (κ2) is 8.39. The summed E-state index contributed by atoms with van der Waals surface area (Å²) in [5.41, 5.74) is 7.91. The van der Waals surface area contributed by atoms with Gasteiger partial charge in [-0.2, -0.15) is 0 Å². The van der Waals surface area contributed by atoms with Crippen LogP contribution in [0.25, 0.3) is 11.1 Å². The first-order valence-corrected chi connectivity index (χ1v) is 10.5. The summed E-state index contributed by atoms with van der Waals surface area (Å²) in [6.07, 6.45) is 4.84. The van der Waals surface area contributed by atoms with Crippen LogP contribution in [0.1, 0.15) is 34.1 Å². The van der Waals surface area contributed by atoms with Crippen LogP contribution in [0.2, 0.25) is 0 Å². The molecule has 0 saturated heterocycles. The molecule has 0 bridgehead atoms. The van der Waals surface area contributed by atoms with Crippen molar-refractivity contribution in [1.29, 1.82) is 0 Å². The Balaban J connectivity index is 1.74. The lowest BCUT2D eigenvalue weighted by atomic mass is 9.70. The van der Waals surface area contributed by atoms with E-state index >= 15 is 0 Å². The van der Waals surface area contributed by atoms with Crippen LogP contribution in [0.4, 0.5) is 0 Å². The number of benzene rings is 4. The second-order valence-corrected chi connectivity index (χ2v) is 7.78. The van der Waals surface area contributed by atoms with Crippen molar-refractivity contribution in [1.82, 2.24) is 0 Å². The lowest BCUT2D eigenvalue weighted by molar-refractivity contribution is 0.748. The van der Waals surface area contributed by atoms with E-state index in [1.54, 1.807) is 0 Å². The van der Waals surface area contributed by atoms with Crippen LogP contribution in [-0.2, 0) is 0 Å². The van der Waals surface area contributed by atoms with Gasteiger partial charge in [-0.3, -0.25) is 0 Å². The fourth-order valence-electron chi connectivity index (χ4n) is 4.50. The van der Waals surface area contributed by atoms with Gasteiger partial charge in [0.2, 0.25) is 0 Å². The Labute approximate surface area is 178 Å². The lowest BCUT2D eigenvalue weighted by Crippen LogP contribution is -2.15. The predicted molar refractivity (Wildman–Crippen MR) is 127 cm³/mol. The molecule has 30 heavy (non-hydrogen) atoms. The Morgan fingerprint density at radius 3 is 1.47 bits per heavy atom. The van der Waals surface area contributed by atoms with Crippen molar-refractivity contribution in [3.63, 3.8) is 0 Å². The molecule has 0 N–H and O–H groups in total. The minimum atomic E-state index is 0.267. The quantitative estimate of drug-likeness (QED) is 0.338. The maximum absolute atomic E-state index is 2.45. The van der Waals surface area contributed by atoms with E-state index in [9.17, 15) is 0 Å².